The van der Waals surface area contributed by atoms with Crippen LogP contribution in [0.4, 0.5) is 4.39 Å². The third-order valence-corrected chi connectivity index (χ3v) is 7.59. The molecule has 2 aliphatic rings. The molecular formula is C28H35F. The van der Waals surface area contributed by atoms with E-state index in [9.17, 15) is 4.39 Å². The van der Waals surface area contributed by atoms with Gasteiger partial charge in [0.25, 0.3) is 0 Å². The third-order valence-electron chi connectivity index (χ3n) is 7.59. The first-order valence-electron chi connectivity index (χ1n) is 11.6. The van der Waals surface area contributed by atoms with Crippen molar-refractivity contribution in [2.24, 2.45) is 17.8 Å². The highest BCUT2D eigenvalue weighted by molar-refractivity contribution is 5.64. The van der Waals surface area contributed by atoms with Crippen molar-refractivity contribution in [1.82, 2.24) is 0 Å². The molecule has 2 fully saturated rings. The molecule has 2 saturated carbocycles. The maximum absolute atomic E-state index is 13.9. The lowest BCUT2D eigenvalue weighted by Gasteiger charge is -2.42. The summed E-state index contributed by atoms with van der Waals surface area (Å²) < 4.78 is 13.9. The molecule has 2 aliphatic carbocycles. The molecule has 0 amide bonds. The topological polar surface area (TPSA) is 0 Å². The van der Waals surface area contributed by atoms with Crippen LogP contribution in [0.15, 0.2) is 54.6 Å². The van der Waals surface area contributed by atoms with E-state index in [1.54, 1.807) is 6.07 Å². The smallest absolute Gasteiger partial charge is 0.126 e. The molecular weight excluding hydrogens is 355 g/mol. The molecule has 0 aromatic heterocycles. The molecule has 0 saturated heterocycles. The Bertz CT molecular complexity index is 832. The van der Waals surface area contributed by atoms with Crippen LogP contribution in [0.1, 0.15) is 75.3 Å². The van der Waals surface area contributed by atoms with Crippen molar-refractivity contribution in [2.75, 3.05) is 0 Å². The molecule has 0 nitrogen and oxygen atoms in total. The van der Waals surface area contributed by atoms with E-state index in [-0.39, 0.29) is 5.82 Å². The Morgan fingerprint density at radius 3 is 2.38 bits per heavy atom. The first kappa shape index (κ1) is 20.4. The van der Waals surface area contributed by atoms with Crippen LogP contribution < -0.4 is 0 Å². The Hall–Kier alpha value is -1.89. The number of hydrogen-bond donors (Lipinski definition) is 0. The second-order valence-electron chi connectivity index (χ2n) is 9.44. The van der Waals surface area contributed by atoms with Gasteiger partial charge >= 0.3 is 0 Å². The summed E-state index contributed by atoms with van der Waals surface area (Å²) >= 11 is 0. The summed E-state index contributed by atoms with van der Waals surface area (Å²) in [6.07, 6.45) is 15.6. The van der Waals surface area contributed by atoms with E-state index >= 15 is 0 Å². The minimum atomic E-state index is -0.119. The van der Waals surface area contributed by atoms with Crippen LogP contribution in [0, 0.1) is 30.5 Å². The zero-order chi connectivity index (χ0) is 20.2. The number of fused-ring (bicyclic) bond motifs is 1. The SMILES string of the molecule is C/C=C/CCC1CCC2CC(c3ccc(-c4ccc(C)c(F)c4)cc3)CCC2C1. The minimum absolute atomic E-state index is 0.119. The van der Waals surface area contributed by atoms with Gasteiger partial charge in [0.1, 0.15) is 5.82 Å². The van der Waals surface area contributed by atoms with E-state index in [1.807, 2.05) is 19.1 Å². The van der Waals surface area contributed by atoms with Gasteiger partial charge in [-0.05, 0) is 111 Å². The molecule has 2 aromatic rings. The normalized spacial score (nSPS) is 27.1. The summed E-state index contributed by atoms with van der Waals surface area (Å²) in [4.78, 5) is 0. The lowest BCUT2D eigenvalue weighted by atomic mass is 9.63. The number of halogens is 1. The fourth-order valence-corrected chi connectivity index (χ4v) is 5.77. The summed E-state index contributed by atoms with van der Waals surface area (Å²) in [5.74, 6) is 3.44. The number of hydrogen-bond acceptors (Lipinski definition) is 0. The zero-order valence-electron chi connectivity index (χ0n) is 18.0. The van der Waals surface area contributed by atoms with E-state index in [0.717, 1.165) is 28.9 Å². The first-order chi connectivity index (χ1) is 14.1. The Kier molecular flexibility index (Phi) is 6.53. The first-order valence-corrected chi connectivity index (χ1v) is 11.6. The minimum Gasteiger partial charge on any atom is -0.207 e. The van der Waals surface area contributed by atoms with Crippen LogP contribution in [0.2, 0.25) is 0 Å². The fourth-order valence-electron chi connectivity index (χ4n) is 5.77. The summed E-state index contributed by atoms with van der Waals surface area (Å²) in [5.41, 5.74) is 4.27. The van der Waals surface area contributed by atoms with Crippen LogP contribution in [-0.2, 0) is 0 Å². The second-order valence-corrected chi connectivity index (χ2v) is 9.44. The van der Waals surface area contributed by atoms with Crippen LogP contribution in [0.5, 0.6) is 0 Å². The van der Waals surface area contributed by atoms with Gasteiger partial charge < -0.3 is 0 Å². The lowest BCUT2D eigenvalue weighted by molar-refractivity contribution is 0.115. The molecule has 0 spiro atoms. The van der Waals surface area contributed by atoms with Crippen molar-refractivity contribution in [3.63, 3.8) is 0 Å². The highest BCUT2D eigenvalue weighted by Crippen LogP contribution is 2.48. The predicted molar refractivity (Wildman–Crippen MR) is 122 cm³/mol. The van der Waals surface area contributed by atoms with Crippen LogP contribution in [0.3, 0.4) is 0 Å². The molecule has 29 heavy (non-hydrogen) atoms. The van der Waals surface area contributed by atoms with E-state index in [0.29, 0.717) is 11.5 Å². The van der Waals surface area contributed by atoms with Gasteiger partial charge in [-0.3, -0.25) is 0 Å². The molecule has 4 rings (SSSR count). The van der Waals surface area contributed by atoms with Gasteiger partial charge in [0.2, 0.25) is 0 Å². The highest BCUT2D eigenvalue weighted by Gasteiger charge is 2.35. The van der Waals surface area contributed by atoms with E-state index < -0.39 is 0 Å². The Morgan fingerprint density at radius 1 is 0.897 bits per heavy atom. The van der Waals surface area contributed by atoms with E-state index in [1.165, 1.54) is 56.9 Å². The molecule has 1 heteroatoms. The summed E-state index contributed by atoms with van der Waals surface area (Å²) in [7, 11) is 0. The molecule has 0 radical (unpaired) electrons. The predicted octanol–water partition coefficient (Wildman–Crippen LogP) is 8.46. The molecule has 4 atom stereocenters. The van der Waals surface area contributed by atoms with Gasteiger partial charge in [0.05, 0.1) is 0 Å². The van der Waals surface area contributed by atoms with Crippen molar-refractivity contribution in [3.8, 4) is 11.1 Å². The van der Waals surface area contributed by atoms with E-state index in [2.05, 4.69) is 43.3 Å². The molecule has 154 valence electrons. The van der Waals surface area contributed by atoms with Crippen LogP contribution in [-0.4, -0.2) is 0 Å². The van der Waals surface area contributed by atoms with Gasteiger partial charge in [0, 0.05) is 0 Å². The van der Waals surface area contributed by atoms with Gasteiger partial charge in [0.15, 0.2) is 0 Å². The molecule has 4 unspecified atom stereocenters. The number of aryl methyl sites for hydroxylation is 1. The number of allylic oxidation sites excluding steroid dienone is 2. The lowest BCUT2D eigenvalue weighted by Crippen LogP contribution is -2.30. The molecule has 0 N–H and O–H groups in total. The van der Waals surface area contributed by atoms with Crippen molar-refractivity contribution < 1.29 is 4.39 Å². The van der Waals surface area contributed by atoms with Gasteiger partial charge in [-0.2, -0.15) is 0 Å². The Labute approximate surface area is 176 Å². The quantitative estimate of drug-likeness (QED) is 0.449. The van der Waals surface area contributed by atoms with Gasteiger partial charge in [-0.1, -0.05) is 55.0 Å². The number of rotatable bonds is 5. The number of benzene rings is 2. The van der Waals surface area contributed by atoms with Crippen molar-refractivity contribution in [2.45, 2.75) is 71.1 Å². The maximum Gasteiger partial charge on any atom is 0.126 e. The molecule has 0 bridgehead atoms. The van der Waals surface area contributed by atoms with Crippen LogP contribution >= 0.6 is 0 Å². The van der Waals surface area contributed by atoms with Gasteiger partial charge in [-0.25, -0.2) is 4.39 Å². The van der Waals surface area contributed by atoms with Crippen molar-refractivity contribution in [1.29, 1.82) is 0 Å². The average Bonchev–Trinajstić information content (AvgIpc) is 2.75. The van der Waals surface area contributed by atoms with Crippen molar-refractivity contribution >= 4 is 0 Å². The maximum atomic E-state index is 13.9. The fraction of sp³-hybridized carbons (Fsp3) is 0.500. The third kappa shape index (κ3) is 4.82. The summed E-state index contributed by atoms with van der Waals surface area (Å²) in [6, 6.07) is 14.5. The standard InChI is InChI=1S/C28H35F/c1-3-4-5-6-21-8-10-26-18-25(16-15-24(26)17-21)22-11-13-23(14-12-22)27-9-7-20(2)28(29)19-27/h3-4,7,9,11-14,19,21,24-26H,5-6,8,10,15-18H2,1-2H3/b4-3+. The monoisotopic (exact) mass is 390 g/mol. The van der Waals surface area contributed by atoms with Crippen molar-refractivity contribution in [3.05, 3.63) is 71.6 Å². The largest absolute Gasteiger partial charge is 0.207 e. The Balaban J connectivity index is 1.36. The average molecular weight is 391 g/mol. The molecule has 0 aliphatic heterocycles. The Morgan fingerprint density at radius 2 is 1.62 bits per heavy atom. The highest BCUT2D eigenvalue weighted by atomic mass is 19.1. The second kappa shape index (κ2) is 9.28. The van der Waals surface area contributed by atoms with Crippen LogP contribution in [0.25, 0.3) is 11.1 Å². The molecule has 2 aromatic carbocycles. The van der Waals surface area contributed by atoms with Gasteiger partial charge in [-0.15, -0.1) is 0 Å². The van der Waals surface area contributed by atoms with E-state index in [4.69, 9.17) is 0 Å². The summed E-state index contributed by atoms with van der Waals surface area (Å²) in [6.45, 7) is 3.94. The zero-order valence-corrected chi connectivity index (χ0v) is 18.0. The summed E-state index contributed by atoms with van der Waals surface area (Å²) in [5, 5.41) is 0. The molecule has 0 heterocycles.